The highest BCUT2D eigenvalue weighted by molar-refractivity contribution is 4.80. The normalized spacial score (nSPS) is 17.7. The van der Waals surface area contributed by atoms with E-state index in [0.29, 0.717) is 6.42 Å². The first kappa shape index (κ1) is 11.2. The van der Waals surface area contributed by atoms with Crippen molar-refractivity contribution < 1.29 is 15.3 Å². The highest BCUT2D eigenvalue weighted by Crippen LogP contribution is 2.06. The van der Waals surface area contributed by atoms with Crippen LogP contribution in [0.25, 0.3) is 10.4 Å². The van der Waals surface area contributed by atoms with Crippen LogP contribution in [-0.4, -0.2) is 40.2 Å². The summed E-state index contributed by atoms with van der Waals surface area (Å²) in [6.45, 7) is 1.21. The molecule has 12 heavy (non-hydrogen) atoms. The van der Waals surface area contributed by atoms with E-state index in [-0.39, 0.29) is 0 Å². The molecule has 6 nitrogen and oxygen atoms in total. The Labute approximate surface area is 70.1 Å². The van der Waals surface area contributed by atoms with Crippen molar-refractivity contribution in [3.8, 4) is 0 Å². The molecule has 3 atom stereocenters. The third kappa shape index (κ3) is 3.06. The molecule has 0 fully saturated rings. The van der Waals surface area contributed by atoms with Gasteiger partial charge in [0.2, 0.25) is 0 Å². The Balaban J connectivity index is 4.19. The van der Waals surface area contributed by atoms with Crippen LogP contribution in [0.15, 0.2) is 5.11 Å². The maximum absolute atomic E-state index is 9.23. The monoisotopic (exact) mass is 175 g/mol. The lowest BCUT2D eigenvalue weighted by molar-refractivity contribution is -0.00838. The molecule has 0 saturated carbocycles. The third-order valence-electron chi connectivity index (χ3n) is 1.59. The number of aliphatic hydroxyl groups excluding tert-OH is 3. The molecule has 0 radical (unpaired) electrons. The SMILES string of the molecule is CC[C@@H](O)[C@@H](O)[C@@H](CO)N=[N+]=[N-]. The highest BCUT2D eigenvalue weighted by Gasteiger charge is 2.23. The van der Waals surface area contributed by atoms with Crippen molar-refractivity contribution in [2.75, 3.05) is 6.61 Å². The molecular formula is C6H13N3O3. The first-order valence-electron chi connectivity index (χ1n) is 3.68. The van der Waals surface area contributed by atoms with Gasteiger partial charge < -0.3 is 15.3 Å². The first-order valence-corrected chi connectivity index (χ1v) is 3.68. The van der Waals surface area contributed by atoms with Crippen molar-refractivity contribution in [3.05, 3.63) is 10.4 Å². The molecule has 0 aliphatic carbocycles. The lowest BCUT2D eigenvalue weighted by Crippen LogP contribution is -2.37. The smallest absolute Gasteiger partial charge is 0.0905 e. The Kier molecular flexibility index (Phi) is 5.40. The fraction of sp³-hybridized carbons (Fsp3) is 1.00. The van der Waals surface area contributed by atoms with Crippen molar-refractivity contribution >= 4 is 0 Å². The zero-order valence-electron chi connectivity index (χ0n) is 6.83. The van der Waals surface area contributed by atoms with Gasteiger partial charge in [-0.3, -0.25) is 0 Å². The molecule has 0 aliphatic heterocycles. The minimum absolute atomic E-state index is 0.346. The summed E-state index contributed by atoms with van der Waals surface area (Å²) in [6.07, 6.45) is -1.82. The summed E-state index contributed by atoms with van der Waals surface area (Å²) in [5, 5.41) is 30.1. The quantitative estimate of drug-likeness (QED) is 0.305. The lowest BCUT2D eigenvalue weighted by atomic mass is 10.1. The molecule has 6 heteroatoms. The fourth-order valence-corrected chi connectivity index (χ4v) is 0.777. The van der Waals surface area contributed by atoms with Gasteiger partial charge in [0.05, 0.1) is 24.9 Å². The minimum atomic E-state index is -1.20. The second-order valence-corrected chi connectivity index (χ2v) is 2.42. The number of azide groups is 1. The van der Waals surface area contributed by atoms with E-state index in [1.807, 2.05) is 0 Å². The Morgan fingerprint density at radius 1 is 1.50 bits per heavy atom. The number of hydrogen-bond acceptors (Lipinski definition) is 4. The average Bonchev–Trinajstić information content (AvgIpc) is 2.11. The molecule has 3 N–H and O–H groups in total. The van der Waals surface area contributed by atoms with E-state index >= 15 is 0 Å². The fourth-order valence-electron chi connectivity index (χ4n) is 0.777. The van der Waals surface area contributed by atoms with Crippen molar-refractivity contribution in [2.24, 2.45) is 5.11 Å². The molecule has 0 amide bonds. The maximum atomic E-state index is 9.23. The predicted octanol–water partition coefficient (Wildman–Crippen LogP) is -0.211. The molecule has 0 aromatic carbocycles. The molecule has 0 saturated heterocycles. The van der Waals surface area contributed by atoms with E-state index in [1.165, 1.54) is 0 Å². The number of rotatable bonds is 5. The van der Waals surface area contributed by atoms with Crippen LogP contribution < -0.4 is 0 Å². The summed E-state index contributed by atoms with van der Waals surface area (Å²) >= 11 is 0. The zero-order valence-corrected chi connectivity index (χ0v) is 6.83. The Morgan fingerprint density at radius 3 is 2.42 bits per heavy atom. The lowest BCUT2D eigenvalue weighted by Gasteiger charge is -2.20. The van der Waals surface area contributed by atoms with E-state index in [0.717, 1.165) is 0 Å². The topological polar surface area (TPSA) is 109 Å². The summed E-state index contributed by atoms with van der Waals surface area (Å²) in [6, 6.07) is -0.968. The van der Waals surface area contributed by atoms with Crippen molar-refractivity contribution in [1.29, 1.82) is 0 Å². The largest absolute Gasteiger partial charge is 0.396 e. The molecule has 0 unspecified atom stereocenters. The summed E-state index contributed by atoms with van der Waals surface area (Å²) in [5.74, 6) is 0. The number of aliphatic hydroxyl groups is 3. The standard InChI is InChI=1S/C6H13N3O3/c1-2-5(11)6(12)4(3-10)8-9-7/h4-6,10-12H,2-3H2,1H3/t4-,5-,6+/m1/s1. The average molecular weight is 175 g/mol. The predicted molar refractivity (Wildman–Crippen MR) is 42.3 cm³/mol. The molecule has 0 aromatic heterocycles. The van der Waals surface area contributed by atoms with E-state index in [1.54, 1.807) is 6.92 Å². The molecule has 70 valence electrons. The van der Waals surface area contributed by atoms with Gasteiger partial charge in [-0.2, -0.15) is 0 Å². The maximum Gasteiger partial charge on any atom is 0.0905 e. The summed E-state index contributed by atoms with van der Waals surface area (Å²) in [4.78, 5) is 2.44. The van der Waals surface area contributed by atoms with Crippen LogP contribution in [0.5, 0.6) is 0 Å². The molecule has 0 aromatic rings. The van der Waals surface area contributed by atoms with Crippen LogP contribution in [0.4, 0.5) is 0 Å². The summed E-state index contributed by atoms with van der Waals surface area (Å²) < 4.78 is 0. The highest BCUT2D eigenvalue weighted by atomic mass is 16.3. The molecule has 0 spiro atoms. The second-order valence-electron chi connectivity index (χ2n) is 2.42. The minimum Gasteiger partial charge on any atom is -0.396 e. The van der Waals surface area contributed by atoms with Crippen LogP contribution in [0, 0.1) is 0 Å². The summed E-state index contributed by atoms with van der Waals surface area (Å²) in [7, 11) is 0. The van der Waals surface area contributed by atoms with E-state index < -0.39 is 24.9 Å². The zero-order chi connectivity index (χ0) is 9.56. The van der Waals surface area contributed by atoms with Crippen molar-refractivity contribution in [3.63, 3.8) is 0 Å². The van der Waals surface area contributed by atoms with Crippen molar-refractivity contribution in [2.45, 2.75) is 31.6 Å². The Morgan fingerprint density at radius 2 is 2.08 bits per heavy atom. The van der Waals surface area contributed by atoms with E-state index in [4.69, 9.17) is 15.7 Å². The van der Waals surface area contributed by atoms with Gasteiger partial charge in [-0.25, -0.2) is 0 Å². The van der Waals surface area contributed by atoms with Crippen LogP contribution >= 0.6 is 0 Å². The van der Waals surface area contributed by atoms with E-state index in [2.05, 4.69) is 10.0 Å². The van der Waals surface area contributed by atoms with Gasteiger partial charge in [0, 0.05) is 4.91 Å². The number of hydrogen-bond donors (Lipinski definition) is 3. The van der Waals surface area contributed by atoms with E-state index in [9.17, 15) is 5.11 Å². The molecular weight excluding hydrogens is 162 g/mol. The van der Waals surface area contributed by atoms with Crippen LogP contribution in [0.1, 0.15) is 13.3 Å². The second kappa shape index (κ2) is 5.79. The molecule has 0 rings (SSSR count). The van der Waals surface area contributed by atoms with Gasteiger partial charge in [0.15, 0.2) is 0 Å². The molecule has 0 bridgehead atoms. The van der Waals surface area contributed by atoms with Crippen LogP contribution in [0.2, 0.25) is 0 Å². The Hall–Kier alpha value is -0.810. The first-order chi connectivity index (χ1) is 5.67. The third-order valence-corrected chi connectivity index (χ3v) is 1.59. The van der Waals surface area contributed by atoms with Crippen LogP contribution in [-0.2, 0) is 0 Å². The molecule has 0 heterocycles. The van der Waals surface area contributed by atoms with Gasteiger partial charge in [-0.15, -0.1) is 0 Å². The van der Waals surface area contributed by atoms with Crippen LogP contribution in [0.3, 0.4) is 0 Å². The molecule has 0 aliphatic rings. The van der Waals surface area contributed by atoms with Crippen molar-refractivity contribution in [1.82, 2.24) is 0 Å². The summed E-state index contributed by atoms with van der Waals surface area (Å²) in [5.41, 5.74) is 8.03. The van der Waals surface area contributed by atoms with Gasteiger partial charge in [-0.05, 0) is 12.0 Å². The number of nitrogens with zero attached hydrogens (tertiary/aromatic N) is 3. The van der Waals surface area contributed by atoms with Gasteiger partial charge in [0.1, 0.15) is 0 Å². The van der Waals surface area contributed by atoms with Gasteiger partial charge in [0.25, 0.3) is 0 Å². The Bertz CT molecular complexity index is 169. The van der Waals surface area contributed by atoms with Gasteiger partial charge in [-0.1, -0.05) is 12.0 Å². The van der Waals surface area contributed by atoms with Gasteiger partial charge >= 0.3 is 0 Å².